The van der Waals surface area contributed by atoms with Crippen LogP contribution >= 0.6 is 31.9 Å². The topological polar surface area (TPSA) is 3.24 Å². The molecule has 88 valence electrons. The molecule has 0 aliphatic carbocycles. The van der Waals surface area contributed by atoms with Crippen LogP contribution in [-0.4, -0.2) is 22.8 Å². The number of benzene rings is 1. The first-order chi connectivity index (χ1) is 7.65. The van der Waals surface area contributed by atoms with E-state index in [0.717, 1.165) is 23.1 Å². The van der Waals surface area contributed by atoms with Gasteiger partial charge in [0, 0.05) is 28.0 Å². The fourth-order valence-corrected chi connectivity index (χ4v) is 3.10. The Bertz CT molecular complexity index is 370. The Kier molecular flexibility index (Phi) is 4.39. The Morgan fingerprint density at radius 1 is 1.44 bits per heavy atom. The zero-order valence-corrected chi connectivity index (χ0v) is 12.1. The van der Waals surface area contributed by atoms with E-state index in [2.05, 4.69) is 36.8 Å². The van der Waals surface area contributed by atoms with Gasteiger partial charge in [-0.1, -0.05) is 37.9 Å². The molecule has 1 atom stereocenters. The zero-order valence-electron chi connectivity index (χ0n) is 8.93. The van der Waals surface area contributed by atoms with Gasteiger partial charge in [0.05, 0.1) is 0 Å². The van der Waals surface area contributed by atoms with Crippen LogP contribution in [-0.2, 0) is 6.54 Å². The molecule has 1 aliphatic rings. The number of likely N-dealkylation sites (tertiary alicyclic amines) is 1. The summed E-state index contributed by atoms with van der Waals surface area (Å²) in [6, 6.07) is 5.29. The zero-order chi connectivity index (χ0) is 11.5. The second-order valence-corrected chi connectivity index (χ2v) is 6.42. The summed E-state index contributed by atoms with van der Waals surface area (Å²) in [5.74, 6) is -0.119. The van der Waals surface area contributed by atoms with Crippen molar-refractivity contribution >= 4 is 31.9 Å². The minimum absolute atomic E-state index is 0.119. The quantitative estimate of drug-likeness (QED) is 0.730. The Morgan fingerprint density at radius 3 is 2.94 bits per heavy atom. The molecule has 1 aromatic rings. The molecule has 16 heavy (non-hydrogen) atoms. The number of hydrogen-bond acceptors (Lipinski definition) is 1. The lowest BCUT2D eigenvalue weighted by molar-refractivity contribution is 0.225. The maximum Gasteiger partial charge on any atom is 0.128 e. The van der Waals surface area contributed by atoms with E-state index in [-0.39, 0.29) is 5.82 Å². The summed E-state index contributed by atoms with van der Waals surface area (Å²) >= 11 is 6.90. The highest BCUT2D eigenvalue weighted by Crippen LogP contribution is 2.21. The molecule has 1 fully saturated rings. The summed E-state index contributed by atoms with van der Waals surface area (Å²) in [7, 11) is 0. The lowest BCUT2D eigenvalue weighted by atomic mass is 10.1. The maximum absolute atomic E-state index is 13.6. The van der Waals surface area contributed by atoms with Crippen molar-refractivity contribution in [2.24, 2.45) is 0 Å². The number of hydrogen-bond donors (Lipinski definition) is 0. The Labute approximate surface area is 112 Å². The number of alkyl halides is 1. The Hall–Kier alpha value is 0.0700. The number of rotatable bonds is 2. The van der Waals surface area contributed by atoms with Gasteiger partial charge in [-0.2, -0.15) is 0 Å². The van der Waals surface area contributed by atoms with Crippen LogP contribution in [0.1, 0.15) is 18.4 Å². The fraction of sp³-hybridized carbons (Fsp3) is 0.500. The van der Waals surface area contributed by atoms with Gasteiger partial charge in [0.1, 0.15) is 5.82 Å². The molecular formula is C12H14Br2FN. The molecular weight excluding hydrogens is 337 g/mol. The van der Waals surface area contributed by atoms with Crippen molar-refractivity contribution in [3.05, 3.63) is 34.1 Å². The molecule has 0 bridgehead atoms. The van der Waals surface area contributed by atoms with E-state index in [9.17, 15) is 4.39 Å². The third-order valence-electron chi connectivity index (χ3n) is 2.86. The van der Waals surface area contributed by atoms with Crippen molar-refractivity contribution in [3.8, 4) is 0 Å². The van der Waals surface area contributed by atoms with Crippen molar-refractivity contribution in [2.45, 2.75) is 24.2 Å². The first kappa shape index (κ1) is 12.5. The number of piperidine rings is 1. The summed E-state index contributed by atoms with van der Waals surface area (Å²) in [4.78, 5) is 2.86. The third-order valence-corrected chi connectivity index (χ3v) is 4.10. The van der Waals surface area contributed by atoms with Crippen LogP contribution in [0.4, 0.5) is 4.39 Å². The van der Waals surface area contributed by atoms with E-state index in [0.29, 0.717) is 11.4 Å². The first-order valence-electron chi connectivity index (χ1n) is 5.45. The van der Waals surface area contributed by atoms with Crippen LogP contribution in [0.15, 0.2) is 22.7 Å². The van der Waals surface area contributed by atoms with Crippen LogP contribution < -0.4 is 0 Å². The van der Waals surface area contributed by atoms with Crippen molar-refractivity contribution in [1.29, 1.82) is 0 Å². The SMILES string of the molecule is Fc1cc(Br)ccc1CN1CCCC(Br)C1. The van der Waals surface area contributed by atoms with Crippen molar-refractivity contribution in [3.63, 3.8) is 0 Å². The van der Waals surface area contributed by atoms with Crippen LogP contribution in [0.3, 0.4) is 0 Å². The Balaban J connectivity index is 2.02. The average Bonchev–Trinajstić information content (AvgIpc) is 2.22. The summed E-state index contributed by atoms with van der Waals surface area (Å²) in [6.07, 6.45) is 2.41. The summed E-state index contributed by atoms with van der Waals surface area (Å²) in [5.41, 5.74) is 0.782. The van der Waals surface area contributed by atoms with Gasteiger partial charge in [-0.05, 0) is 31.5 Å². The van der Waals surface area contributed by atoms with Crippen LogP contribution in [0, 0.1) is 5.82 Å². The second-order valence-electron chi connectivity index (χ2n) is 4.21. The van der Waals surface area contributed by atoms with Gasteiger partial charge in [-0.15, -0.1) is 0 Å². The van der Waals surface area contributed by atoms with E-state index in [4.69, 9.17) is 0 Å². The molecule has 4 heteroatoms. The molecule has 1 aromatic carbocycles. The highest BCUT2D eigenvalue weighted by atomic mass is 79.9. The summed E-state index contributed by atoms with van der Waals surface area (Å²) in [6.45, 7) is 2.79. The smallest absolute Gasteiger partial charge is 0.128 e. The second kappa shape index (κ2) is 5.61. The van der Waals surface area contributed by atoms with E-state index in [1.165, 1.54) is 18.9 Å². The van der Waals surface area contributed by atoms with Gasteiger partial charge in [0.2, 0.25) is 0 Å². The molecule has 1 unspecified atom stereocenters. The molecule has 1 nitrogen and oxygen atoms in total. The van der Waals surface area contributed by atoms with Crippen molar-refractivity contribution in [1.82, 2.24) is 4.90 Å². The first-order valence-corrected chi connectivity index (χ1v) is 7.16. The minimum atomic E-state index is -0.119. The van der Waals surface area contributed by atoms with Crippen molar-refractivity contribution in [2.75, 3.05) is 13.1 Å². The molecule has 0 N–H and O–H groups in total. The molecule has 0 saturated carbocycles. The predicted octanol–water partition coefficient (Wildman–Crippen LogP) is 3.95. The molecule has 1 saturated heterocycles. The number of halogens is 3. The summed E-state index contributed by atoms with van der Waals surface area (Å²) < 4.78 is 14.4. The molecule has 2 rings (SSSR count). The number of nitrogens with zero attached hydrogens (tertiary/aromatic N) is 1. The van der Waals surface area contributed by atoms with Crippen LogP contribution in [0.2, 0.25) is 0 Å². The molecule has 1 heterocycles. The molecule has 1 aliphatic heterocycles. The van der Waals surface area contributed by atoms with E-state index >= 15 is 0 Å². The average molecular weight is 351 g/mol. The van der Waals surface area contributed by atoms with Gasteiger partial charge in [0.25, 0.3) is 0 Å². The van der Waals surface area contributed by atoms with Gasteiger partial charge < -0.3 is 0 Å². The maximum atomic E-state index is 13.6. The highest BCUT2D eigenvalue weighted by Gasteiger charge is 2.18. The van der Waals surface area contributed by atoms with Crippen LogP contribution in [0.5, 0.6) is 0 Å². The summed E-state index contributed by atoms with van der Waals surface area (Å²) in [5, 5.41) is 0. The van der Waals surface area contributed by atoms with E-state index in [1.54, 1.807) is 0 Å². The highest BCUT2D eigenvalue weighted by molar-refractivity contribution is 9.10. The van der Waals surface area contributed by atoms with Crippen molar-refractivity contribution < 1.29 is 4.39 Å². The van der Waals surface area contributed by atoms with Gasteiger partial charge in [-0.25, -0.2) is 4.39 Å². The monoisotopic (exact) mass is 349 g/mol. The Morgan fingerprint density at radius 2 is 2.25 bits per heavy atom. The van der Waals surface area contributed by atoms with E-state index < -0.39 is 0 Å². The molecule has 0 amide bonds. The third kappa shape index (κ3) is 3.28. The van der Waals surface area contributed by atoms with Gasteiger partial charge in [0.15, 0.2) is 0 Å². The largest absolute Gasteiger partial charge is 0.298 e. The minimum Gasteiger partial charge on any atom is -0.298 e. The van der Waals surface area contributed by atoms with Gasteiger partial charge >= 0.3 is 0 Å². The molecule has 0 radical (unpaired) electrons. The lowest BCUT2D eigenvalue weighted by Gasteiger charge is -2.29. The fourth-order valence-electron chi connectivity index (χ4n) is 2.03. The molecule has 0 spiro atoms. The lowest BCUT2D eigenvalue weighted by Crippen LogP contribution is -2.35. The van der Waals surface area contributed by atoms with Crippen LogP contribution in [0.25, 0.3) is 0 Å². The van der Waals surface area contributed by atoms with E-state index in [1.807, 2.05) is 12.1 Å². The predicted molar refractivity (Wildman–Crippen MR) is 71.3 cm³/mol. The standard InChI is InChI=1S/C12H14Br2FN/c13-10-4-3-9(12(15)6-10)7-16-5-1-2-11(14)8-16/h3-4,6,11H,1-2,5,7-8H2. The molecule has 0 aromatic heterocycles. The normalized spacial score (nSPS) is 22.3. The van der Waals surface area contributed by atoms with Gasteiger partial charge in [-0.3, -0.25) is 4.90 Å².